The molecule has 0 saturated heterocycles. The van der Waals surface area contributed by atoms with Crippen LogP contribution in [-0.2, 0) is 9.53 Å². The van der Waals surface area contributed by atoms with Crippen LogP contribution in [0.5, 0.6) is 0 Å². The van der Waals surface area contributed by atoms with Gasteiger partial charge in [-0.25, -0.2) is 9.80 Å². The van der Waals surface area contributed by atoms with Crippen molar-refractivity contribution in [3.8, 4) is 6.07 Å². The predicted molar refractivity (Wildman–Crippen MR) is 117 cm³/mol. The number of pyridine rings is 1. The average Bonchev–Trinajstić information content (AvgIpc) is 2.85. The number of hydrogen-bond acceptors (Lipinski definition) is 8. The molecule has 3 N–H and O–H groups in total. The van der Waals surface area contributed by atoms with Crippen molar-refractivity contribution >= 4 is 17.7 Å². The van der Waals surface area contributed by atoms with E-state index in [-0.39, 0.29) is 17.2 Å². The summed E-state index contributed by atoms with van der Waals surface area (Å²) >= 11 is 0. The molecule has 1 atom stereocenters. The number of ketones is 1. The van der Waals surface area contributed by atoms with Gasteiger partial charge in [-0.1, -0.05) is 12.1 Å². The molecule has 9 nitrogen and oxygen atoms in total. The second-order valence-electron chi connectivity index (χ2n) is 7.61. The molecule has 1 aromatic carbocycles. The molecule has 1 aliphatic heterocycles. The number of hydrazine groups is 1. The van der Waals surface area contributed by atoms with E-state index in [4.69, 9.17) is 10.5 Å². The number of allylic oxidation sites excluding steroid dienone is 3. The van der Waals surface area contributed by atoms with Gasteiger partial charge in [0, 0.05) is 35.6 Å². The number of rotatable bonds is 4. The largest absolute Gasteiger partial charge is 0.465 e. The minimum atomic E-state index is -0.696. The van der Waals surface area contributed by atoms with Crippen LogP contribution in [0.25, 0.3) is 0 Å². The first-order valence-electron chi connectivity index (χ1n) is 10.3. The number of esters is 1. The molecule has 1 amide bonds. The van der Waals surface area contributed by atoms with Gasteiger partial charge in [0.15, 0.2) is 5.78 Å². The number of benzene rings is 1. The Labute approximate surface area is 190 Å². The Morgan fingerprint density at radius 3 is 2.48 bits per heavy atom. The zero-order valence-electron chi connectivity index (χ0n) is 17.9. The van der Waals surface area contributed by atoms with Crippen molar-refractivity contribution in [2.75, 3.05) is 7.11 Å². The summed E-state index contributed by atoms with van der Waals surface area (Å²) in [6, 6.07) is 11.7. The van der Waals surface area contributed by atoms with Crippen LogP contribution in [0.15, 0.2) is 71.5 Å². The fourth-order valence-corrected chi connectivity index (χ4v) is 4.15. The van der Waals surface area contributed by atoms with Gasteiger partial charge in [0.2, 0.25) is 0 Å². The third-order valence-electron chi connectivity index (χ3n) is 5.73. The minimum Gasteiger partial charge on any atom is -0.465 e. The highest BCUT2D eigenvalue weighted by molar-refractivity contribution is 6.00. The van der Waals surface area contributed by atoms with E-state index in [0.29, 0.717) is 47.2 Å². The van der Waals surface area contributed by atoms with Gasteiger partial charge in [0.05, 0.1) is 30.2 Å². The Kier molecular flexibility index (Phi) is 5.91. The number of ether oxygens (including phenoxy) is 1. The Morgan fingerprint density at radius 2 is 1.85 bits per heavy atom. The van der Waals surface area contributed by atoms with Crippen LogP contribution in [0.3, 0.4) is 0 Å². The first-order valence-corrected chi connectivity index (χ1v) is 10.3. The molecular weight excluding hydrogens is 422 g/mol. The van der Waals surface area contributed by atoms with Crippen LogP contribution in [0, 0.1) is 11.3 Å². The smallest absolute Gasteiger partial charge is 0.337 e. The maximum absolute atomic E-state index is 13.1. The van der Waals surface area contributed by atoms with Crippen molar-refractivity contribution in [3.63, 3.8) is 0 Å². The van der Waals surface area contributed by atoms with E-state index in [2.05, 4.69) is 16.5 Å². The van der Waals surface area contributed by atoms with E-state index >= 15 is 0 Å². The average molecular weight is 443 g/mol. The second kappa shape index (κ2) is 8.96. The van der Waals surface area contributed by atoms with Crippen molar-refractivity contribution < 1.29 is 19.1 Å². The standard InChI is InChI=1S/C24H21N5O4/c1-33-24(32)16-7-5-14(6-8-16)20-17(13-25)22(26)29(18-3-2-4-19(30)21(18)20)28-23(31)15-9-11-27-12-10-15/h5-12,20H,2-4,26H2,1H3,(H,28,31). The zero-order chi connectivity index (χ0) is 23.5. The van der Waals surface area contributed by atoms with Gasteiger partial charge in [-0.05, 0) is 42.7 Å². The predicted octanol–water partition coefficient (Wildman–Crippen LogP) is 2.31. The molecule has 1 aliphatic carbocycles. The van der Waals surface area contributed by atoms with Crippen LogP contribution in [-0.4, -0.2) is 34.8 Å². The molecule has 1 unspecified atom stereocenters. The molecule has 2 heterocycles. The van der Waals surface area contributed by atoms with Crippen molar-refractivity contribution in [1.82, 2.24) is 15.4 Å². The number of aromatic nitrogens is 1. The van der Waals surface area contributed by atoms with Gasteiger partial charge in [0.25, 0.3) is 5.91 Å². The van der Waals surface area contributed by atoms with Gasteiger partial charge in [-0.2, -0.15) is 5.26 Å². The summed E-state index contributed by atoms with van der Waals surface area (Å²) in [4.78, 5) is 41.5. The van der Waals surface area contributed by atoms with Crippen LogP contribution in [0.2, 0.25) is 0 Å². The number of nitrogens with zero attached hydrogens (tertiary/aromatic N) is 3. The van der Waals surface area contributed by atoms with E-state index in [1.807, 2.05) is 0 Å². The van der Waals surface area contributed by atoms with Gasteiger partial charge >= 0.3 is 5.97 Å². The van der Waals surface area contributed by atoms with E-state index in [1.165, 1.54) is 24.5 Å². The summed E-state index contributed by atoms with van der Waals surface area (Å²) in [5.41, 5.74) is 11.6. The molecule has 2 aromatic rings. The first kappa shape index (κ1) is 21.8. The van der Waals surface area contributed by atoms with Gasteiger partial charge in [-0.3, -0.25) is 20.0 Å². The fraction of sp³-hybridized carbons (Fsp3) is 0.208. The van der Waals surface area contributed by atoms with E-state index in [0.717, 1.165) is 0 Å². The SMILES string of the molecule is COC(=O)c1ccc(C2C(C#N)=C(N)N(NC(=O)c3ccncc3)C3=C2C(=O)CCC3)cc1. The van der Waals surface area contributed by atoms with Crippen LogP contribution in [0.4, 0.5) is 0 Å². The molecule has 9 heteroatoms. The summed E-state index contributed by atoms with van der Waals surface area (Å²) in [6.45, 7) is 0. The number of carbonyl (C=O) groups is 3. The topological polar surface area (TPSA) is 138 Å². The first-order chi connectivity index (χ1) is 16.0. The molecule has 0 radical (unpaired) electrons. The van der Waals surface area contributed by atoms with Crippen LogP contribution in [0.1, 0.15) is 51.5 Å². The lowest BCUT2D eigenvalue weighted by molar-refractivity contribution is -0.116. The number of methoxy groups -OCH3 is 1. The summed E-state index contributed by atoms with van der Waals surface area (Å²) < 4.78 is 4.74. The molecular formula is C24H21N5O4. The molecule has 4 rings (SSSR count). The summed E-state index contributed by atoms with van der Waals surface area (Å²) in [6.07, 6.45) is 4.43. The maximum Gasteiger partial charge on any atom is 0.337 e. The lowest BCUT2D eigenvalue weighted by Gasteiger charge is -2.39. The fourth-order valence-electron chi connectivity index (χ4n) is 4.15. The Balaban J connectivity index is 1.78. The molecule has 0 spiro atoms. The Morgan fingerprint density at radius 1 is 1.15 bits per heavy atom. The van der Waals surface area contributed by atoms with E-state index < -0.39 is 17.8 Å². The van der Waals surface area contributed by atoms with Gasteiger partial charge in [-0.15, -0.1) is 0 Å². The van der Waals surface area contributed by atoms with Gasteiger partial charge < -0.3 is 10.5 Å². The lowest BCUT2D eigenvalue weighted by atomic mass is 9.76. The minimum absolute atomic E-state index is 0.0513. The molecule has 0 saturated carbocycles. The number of nitrogens with one attached hydrogen (secondary N) is 1. The maximum atomic E-state index is 13.1. The highest BCUT2D eigenvalue weighted by Gasteiger charge is 2.40. The van der Waals surface area contributed by atoms with Crippen molar-refractivity contribution in [2.45, 2.75) is 25.2 Å². The zero-order valence-corrected chi connectivity index (χ0v) is 17.9. The summed E-state index contributed by atoms with van der Waals surface area (Å²) in [5.74, 6) is -1.68. The molecule has 0 fully saturated rings. The normalized spacial score (nSPS) is 17.9. The molecule has 2 aliphatic rings. The highest BCUT2D eigenvalue weighted by atomic mass is 16.5. The van der Waals surface area contributed by atoms with E-state index in [9.17, 15) is 19.6 Å². The Hall–Kier alpha value is -4.45. The Bertz CT molecular complexity index is 1230. The number of Topliss-reactive ketones (excluding diaryl/α,β-unsaturated/α-hetero) is 1. The molecule has 1 aromatic heterocycles. The number of nitriles is 1. The molecule has 166 valence electrons. The van der Waals surface area contributed by atoms with Crippen LogP contribution < -0.4 is 11.2 Å². The quantitative estimate of drug-likeness (QED) is 0.687. The monoisotopic (exact) mass is 443 g/mol. The van der Waals surface area contributed by atoms with Crippen molar-refractivity contribution in [1.29, 1.82) is 5.26 Å². The van der Waals surface area contributed by atoms with Gasteiger partial charge in [0.1, 0.15) is 5.82 Å². The number of hydrogen-bond donors (Lipinski definition) is 2. The summed E-state index contributed by atoms with van der Waals surface area (Å²) in [7, 11) is 1.29. The third kappa shape index (κ3) is 3.94. The lowest BCUT2D eigenvalue weighted by Crippen LogP contribution is -2.48. The van der Waals surface area contributed by atoms with Crippen molar-refractivity contribution in [2.24, 2.45) is 5.73 Å². The summed E-state index contributed by atoms with van der Waals surface area (Å²) in [5, 5.41) is 11.3. The number of nitrogens with two attached hydrogens (primary N) is 1. The number of amides is 1. The van der Waals surface area contributed by atoms with Crippen LogP contribution >= 0.6 is 0 Å². The van der Waals surface area contributed by atoms with E-state index in [1.54, 1.807) is 36.4 Å². The third-order valence-corrected chi connectivity index (χ3v) is 5.73. The second-order valence-corrected chi connectivity index (χ2v) is 7.61. The molecule has 0 bridgehead atoms. The number of carbonyl (C=O) groups excluding carboxylic acids is 3. The highest BCUT2D eigenvalue weighted by Crippen LogP contribution is 2.44. The molecule has 33 heavy (non-hydrogen) atoms. The van der Waals surface area contributed by atoms with Crippen molar-refractivity contribution in [3.05, 3.63) is 88.1 Å².